The third-order valence-corrected chi connectivity index (χ3v) is 3.69. The van der Waals surface area contributed by atoms with Gasteiger partial charge in [0.15, 0.2) is 5.78 Å². The zero-order valence-electron chi connectivity index (χ0n) is 8.43. The predicted molar refractivity (Wildman–Crippen MR) is 48.6 cm³/mol. The van der Waals surface area contributed by atoms with Gasteiger partial charge in [-0.05, 0) is 13.3 Å². The number of aliphatic hydroxyl groups excluding tert-OH is 1. The zero-order valence-corrected chi connectivity index (χ0v) is 8.43. The van der Waals surface area contributed by atoms with Crippen LogP contribution < -0.4 is 0 Å². The Morgan fingerprint density at radius 1 is 1.57 bits per heavy atom. The Balaban J connectivity index is 2.25. The van der Waals surface area contributed by atoms with Crippen LogP contribution in [0.25, 0.3) is 0 Å². The molecule has 1 aliphatic carbocycles. The summed E-state index contributed by atoms with van der Waals surface area (Å²) >= 11 is 0. The summed E-state index contributed by atoms with van der Waals surface area (Å²) < 4.78 is 5.31. The van der Waals surface area contributed by atoms with Crippen molar-refractivity contribution in [2.24, 2.45) is 11.8 Å². The highest BCUT2D eigenvalue weighted by Crippen LogP contribution is 2.43. The van der Waals surface area contributed by atoms with Gasteiger partial charge >= 0.3 is 0 Å². The standard InChI is InChI=1S/C10H16O4/c1-5-6-3-8(12)10(2,13)9(6)14-4-7(5)11/h5-6,8-9,12-13H,3-4H2,1-2H3. The molecule has 14 heavy (non-hydrogen) atoms. The fraction of sp³-hybridized carbons (Fsp3) is 0.900. The Hall–Kier alpha value is -0.450. The van der Waals surface area contributed by atoms with E-state index in [4.69, 9.17) is 4.74 Å². The Kier molecular flexibility index (Phi) is 2.17. The van der Waals surface area contributed by atoms with E-state index in [1.165, 1.54) is 0 Å². The van der Waals surface area contributed by atoms with Crippen LogP contribution in [0.15, 0.2) is 0 Å². The molecule has 1 heterocycles. The van der Waals surface area contributed by atoms with Gasteiger partial charge in [-0.2, -0.15) is 0 Å². The van der Waals surface area contributed by atoms with Gasteiger partial charge in [-0.3, -0.25) is 4.79 Å². The molecule has 0 bridgehead atoms. The summed E-state index contributed by atoms with van der Waals surface area (Å²) in [5.41, 5.74) is -1.21. The quantitative estimate of drug-likeness (QED) is 0.564. The molecule has 5 unspecified atom stereocenters. The number of Topliss-reactive ketones (excluding diaryl/α,β-unsaturated/α-hetero) is 1. The van der Waals surface area contributed by atoms with E-state index in [2.05, 4.69) is 0 Å². The monoisotopic (exact) mass is 200 g/mol. The highest BCUT2D eigenvalue weighted by molar-refractivity contribution is 5.83. The van der Waals surface area contributed by atoms with Crippen LogP contribution in [0.2, 0.25) is 0 Å². The molecule has 0 amide bonds. The van der Waals surface area contributed by atoms with E-state index < -0.39 is 17.8 Å². The van der Waals surface area contributed by atoms with Crippen molar-refractivity contribution in [1.29, 1.82) is 0 Å². The molecule has 0 radical (unpaired) electrons. The van der Waals surface area contributed by atoms with E-state index in [-0.39, 0.29) is 24.2 Å². The second-order valence-electron chi connectivity index (χ2n) is 4.63. The van der Waals surface area contributed by atoms with Crippen LogP contribution in [0.4, 0.5) is 0 Å². The highest BCUT2D eigenvalue weighted by Gasteiger charge is 2.55. The van der Waals surface area contributed by atoms with Crippen molar-refractivity contribution in [2.45, 2.75) is 38.1 Å². The maximum atomic E-state index is 11.4. The molecule has 0 aromatic carbocycles. The van der Waals surface area contributed by atoms with Gasteiger partial charge < -0.3 is 14.9 Å². The van der Waals surface area contributed by atoms with E-state index in [0.29, 0.717) is 6.42 Å². The van der Waals surface area contributed by atoms with E-state index in [1.807, 2.05) is 6.92 Å². The van der Waals surface area contributed by atoms with Crippen molar-refractivity contribution in [1.82, 2.24) is 0 Å². The zero-order chi connectivity index (χ0) is 10.5. The molecule has 0 aromatic rings. The van der Waals surface area contributed by atoms with Crippen molar-refractivity contribution >= 4 is 5.78 Å². The number of rotatable bonds is 0. The van der Waals surface area contributed by atoms with Gasteiger partial charge in [0.05, 0.1) is 12.2 Å². The molecule has 2 fully saturated rings. The van der Waals surface area contributed by atoms with Gasteiger partial charge in [-0.15, -0.1) is 0 Å². The first-order valence-corrected chi connectivity index (χ1v) is 4.99. The number of carbonyl (C=O) groups excluding carboxylic acids is 1. The fourth-order valence-corrected chi connectivity index (χ4v) is 2.54. The first-order valence-electron chi connectivity index (χ1n) is 4.99. The third-order valence-electron chi connectivity index (χ3n) is 3.69. The lowest BCUT2D eigenvalue weighted by molar-refractivity contribution is -0.164. The summed E-state index contributed by atoms with van der Waals surface area (Å²) in [5, 5.41) is 19.6. The lowest BCUT2D eigenvalue weighted by Gasteiger charge is -2.35. The maximum Gasteiger partial charge on any atom is 0.161 e. The molecule has 2 rings (SSSR count). The molecule has 1 saturated carbocycles. The SMILES string of the molecule is CC1C(=O)COC2C1CC(O)C2(C)O. The average Bonchev–Trinajstić information content (AvgIpc) is 2.33. The molecule has 4 nitrogen and oxygen atoms in total. The van der Waals surface area contributed by atoms with Crippen molar-refractivity contribution in [3.8, 4) is 0 Å². The Bertz CT molecular complexity index is 261. The summed E-state index contributed by atoms with van der Waals surface area (Å²) in [7, 11) is 0. The summed E-state index contributed by atoms with van der Waals surface area (Å²) in [5.74, 6) is -0.0882. The van der Waals surface area contributed by atoms with Gasteiger partial charge in [0.25, 0.3) is 0 Å². The van der Waals surface area contributed by atoms with E-state index in [1.54, 1.807) is 6.92 Å². The van der Waals surface area contributed by atoms with Crippen molar-refractivity contribution < 1.29 is 19.7 Å². The average molecular weight is 200 g/mol. The van der Waals surface area contributed by atoms with E-state index in [0.717, 1.165) is 0 Å². The van der Waals surface area contributed by atoms with Crippen LogP contribution >= 0.6 is 0 Å². The van der Waals surface area contributed by atoms with E-state index >= 15 is 0 Å². The van der Waals surface area contributed by atoms with Crippen LogP contribution in [0.3, 0.4) is 0 Å². The Morgan fingerprint density at radius 2 is 2.21 bits per heavy atom. The number of ether oxygens (including phenoxy) is 1. The van der Waals surface area contributed by atoms with Crippen LogP contribution in [0.1, 0.15) is 20.3 Å². The minimum absolute atomic E-state index is 0.0405. The number of hydrogen-bond donors (Lipinski definition) is 2. The molecule has 80 valence electrons. The van der Waals surface area contributed by atoms with Crippen molar-refractivity contribution in [3.63, 3.8) is 0 Å². The number of ketones is 1. The molecule has 5 atom stereocenters. The second-order valence-corrected chi connectivity index (χ2v) is 4.63. The summed E-state index contributed by atoms with van der Waals surface area (Å²) in [6.45, 7) is 3.48. The van der Waals surface area contributed by atoms with Crippen LogP contribution in [-0.4, -0.2) is 40.4 Å². The molecule has 1 aliphatic heterocycles. The molecule has 1 saturated heterocycles. The number of hydrogen-bond acceptors (Lipinski definition) is 4. The van der Waals surface area contributed by atoms with Crippen molar-refractivity contribution in [2.75, 3.05) is 6.61 Å². The minimum atomic E-state index is -1.21. The van der Waals surface area contributed by atoms with Gasteiger partial charge in [0.1, 0.15) is 12.2 Å². The maximum absolute atomic E-state index is 11.4. The summed E-state index contributed by atoms with van der Waals surface area (Å²) in [6.07, 6.45) is -0.735. The normalized spacial score (nSPS) is 53.3. The lowest BCUT2D eigenvalue weighted by atomic mass is 9.83. The first kappa shape index (κ1) is 10.1. The number of fused-ring (bicyclic) bond motifs is 1. The summed E-state index contributed by atoms with van der Waals surface area (Å²) in [6, 6.07) is 0. The molecule has 4 heteroatoms. The number of carbonyl (C=O) groups is 1. The predicted octanol–water partition coefficient (Wildman–Crippen LogP) is -0.278. The minimum Gasteiger partial charge on any atom is -0.390 e. The van der Waals surface area contributed by atoms with Gasteiger partial charge in [-0.25, -0.2) is 0 Å². The molecule has 0 aromatic heterocycles. The Morgan fingerprint density at radius 3 is 2.86 bits per heavy atom. The smallest absolute Gasteiger partial charge is 0.161 e. The Labute approximate surface area is 82.9 Å². The number of aliphatic hydroxyl groups is 2. The summed E-state index contributed by atoms with van der Waals surface area (Å²) in [4.78, 5) is 11.4. The lowest BCUT2D eigenvalue weighted by Crippen LogP contribution is -2.50. The van der Waals surface area contributed by atoms with Gasteiger partial charge in [0, 0.05) is 11.8 Å². The van der Waals surface area contributed by atoms with Crippen LogP contribution in [0, 0.1) is 11.8 Å². The molecule has 0 spiro atoms. The topological polar surface area (TPSA) is 66.8 Å². The van der Waals surface area contributed by atoms with Gasteiger partial charge in [0.2, 0.25) is 0 Å². The van der Waals surface area contributed by atoms with Crippen LogP contribution in [-0.2, 0) is 9.53 Å². The molecular formula is C10H16O4. The third kappa shape index (κ3) is 1.21. The second kappa shape index (κ2) is 3.02. The van der Waals surface area contributed by atoms with Gasteiger partial charge in [-0.1, -0.05) is 6.92 Å². The van der Waals surface area contributed by atoms with Crippen molar-refractivity contribution in [3.05, 3.63) is 0 Å². The van der Waals surface area contributed by atoms with E-state index in [9.17, 15) is 15.0 Å². The highest BCUT2D eigenvalue weighted by atomic mass is 16.5. The largest absolute Gasteiger partial charge is 0.390 e. The van der Waals surface area contributed by atoms with Crippen LogP contribution in [0.5, 0.6) is 0 Å². The fourth-order valence-electron chi connectivity index (χ4n) is 2.54. The first-order chi connectivity index (χ1) is 6.44. The molecular weight excluding hydrogens is 184 g/mol. The molecule has 2 N–H and O–H groups in total. The molecule has 2 aliphatic rings.